The maximum Gasteiger partial charge on any atom is 0.264 e. The van der Waals surface area contributed by atoms with Gasteiger partial charge in [0.05, 0.1) is 6.61 Å². The van der Waals surface area contributed by atoms with Crippen LogP contribution >= 0.6 is 0 Å². The molecule has 0 spiro atoms. The van der Waals surface area contributed by atoms with E-state index in [1.54, 1.807) is 0 Å². The van der Waals surface area contributed by atoms with E-state index in [-0.39, 0.29) is 12.3 Å². The first-order valence-electron chi connectivity index (χ1n) is 5.81. The molecule has 0 saturated heterocycles. The van der Waals surface area contributed by atoms with Crippen molar-refractivity contribution in [3.8, 4) is 0 Å². The van der Waals surface area contributed by atoms with E-state index in [0.717, 1.165) is 12.1 Å². The molecule has 2 aromatic carbocycles. The summed E-state index contributed by atoms with van der Waals surface area (Å²) in [5.41, 5.74) is 5.06. The normalized spacial score (nSPS) is 11.4. The fourth-order valence-corrected chi connectivity index (χ4v) is 2.79. The Morgan fingerprint density at radius 1 is 1.10 bits per heavy atom. The summed E-state index contributed by atoms with van der Waals surface area (Å²) in [6.07, 6.45) is 0. The van der Waals surface area contributed by atoms with E-state index in [0.29, 0.717) is 5.56 Å². The van der Waals surface area contributed by atoms with Gasteiger partial charge >= 0.3 is 0 Å². The summed E-state index contributed by atoms with van der Waals surface area (Å²) in [5.74, 6) is -2.37. The Labute approximate surface area is 120 Å². The van der Waals surface area contributed by atoms with Gasteiger partial charge in [0, 0.05) is 5.69 Å². The fraction of sp³-hybridized carbons (Fsp3) is 0.0769. The monoisotopic (exact) mass is 314 g/mol. The number of nitrogens with two attached hydrogens (primary N) is 1. The van der Waals surface area contributed by atoms with Gasteiger partial charge in [-0.25, -0.2) is 17.2 Å². The zero-order chi connectivity index (χ0) is 15.6. The first kappa shape index (κ1) is 15.2. The number of sulfonamides is 1. The number of nitrogens with one attached hydrogen (secondary N) is 1. The lowest BCUT2D eigenvalue weighted by Crippen LogP contribution is -2.16. The molecule has 112 valence electrons. The molecule has 0 saturated carbocycles. The summed E-state index contributed by atoms with van der Waals surface area (Å²) < 4.78 is 53.1. The lowest BCUT2D eigenvalue weighted by Gasteiger charge is -2.10. The van der Waals surface area contributed by atoms with Crippen molar-refractivity contribution in [1.82, 2.24) is 0 Å². The number of hydrogen-bond donors (Lipinski definition) is 3. The molecule has 0 unspecified atom stereocenters. The third kappa shape index (κ3) is 3.11. The van der Waals surface area contributed by atoms with Crippen molar-refractivity contribution in [2.24, 2.45) is 0 Å². The molecule has 0 aliphatic carbocycles. The Kier molecular flexibility index (Phi) is 4.10. The minimum Gasteiger partial charge on any atom is -0.394 e. The van der Waals surface area contributed by atoms with Gasteiger partial charge in [0.15, 0.2) is 5.82 Å². The molecule has 2 aromatic rings. The lowest BCUT2D eigenvalue weighted by atomic mass is 10.2. The number of rotatable bonds is 4. The first-order chi connectivity index (χ1) is 9.85. The van der Waals surface area contributed by atoms with E-state index in [4.69, 9.17) is 10.8 Å². The van der Waals surface area contributed by atoms with Crippen molar-refractivity contribution in [2.75, 3.05) is 10.5 Å². The summed E-state index contributed by atoms with van der Waals surface area (Å²) in [6, 6.07) is 7.41. The molecule has 0 aliphatic rings. The first-order valence-corrected chi connectivity index (χ1v) is 7.29. The molecule has 0 aliphatic heterocycles. The maximum atomic E-state index is 13.8. The number of aliphatic hydroxyl groups excluding tert-OH is 1. The second-order valence-corrected chi connectivity index (χ2v) is 5.88. The minimum atomic E-state index is -4.24. The van der Waals surface area contributed by atoms with Gasteiger partial charge in [-0.2, -0.15) is 0 Å². The lowest BCUT2D eigenvalue weighted by molar-refractivity contribution is 0.282. The predicted octanol–water partition coefficient (Wildman–Crippen LogP) is 1.84. The van der Waals surface area contributed by atoms with E-state index < -0.39 is 32.2 Å². The second-order valence-electron chi connectivity index (χ2n) is 4.23. The number of halogens is 2. The number of aliphatic hydroxyl groups is 1. The van der Waals surface area contributed by atoms with Gasteiger partial charge in [-0.3, -0.25) is 4.72 Å². The number of anilines is 2. The van der Waals surface area contributed by atoms with Gasteiger partial charge in [0.25, 0.3) is 10.0 Å². The SMILES string of the molecule is Nc1c(F)ccc(S(=O)(=O)Nc2ccc(CO)cc2)c1F. The largest absolute Gasteiger partial charge is 0.394 e. The molecular formula is C13H12F2N2O3S. The summed E-state index contributed by atoms with van der Waals surface area (Å²) in [4.78, 5) is -0.743. The Morgan fingerprint density at radius 3 is 2.29 bits per heavy atom. The van der Waals surface area contributed by atoms with Crippen LogP contribution in [0.4, 0.5) is 20.2 Å². The zero-order valence-electron chi connectivity index (χ0n) is 10.7. The van der Waals surface area contributed by atoms with E-state index in [9.17, 15) is 17.2 Å². The van der Waals surface area contributed by atoms with Crippen LogP contribution in [0.1, 0.15) is 5.56 Å². The minimum absolute atomic E-state index is 0.175. The van der Waals surface area contributed by atoms with Crippen LogP contribution in [0.5, 0.6) is 0 Å². The van der Waals surface area contributed by atoms with Gasteiger partial charge in [-0.15, -0.1) is 0 Å². The van der Waals surface area contributed by atoms with E-state index in [1.807, 2.05) is 0 Å². The van der Waals surface area contributed by atoms with E-state index in [2.05, 4.69) is 4.72 Å². The van der Waals surface area contributed by atoms with Crippen LogP contribution in [0.25, 0.3) is 0 Å². The molecule has 5 nitrogen and oxygen atoms in total. The van der Waals surface area contributed by atoms with E-state index >= 15 is 0 Å². The third-order valence-corrected chi connectivity index (χ3v) is 4.17. The molecule has 0 amide bonds. The average molecular weight is 314 g/mol. The van der Waals surface area contributed by atoms with Crippen molar-refractivity contribution in [3.63, 3.8) is 0 Å². The smallest absolute Gasteiger partial charge is 0.264 e. The molecule has 0 aromatic heterocycles. The second kappa shape index (κ2) is 5.66. The Hall–Kier alpha value is -2.19. The Morgan fingerprint density at radius 2 is 1.71 bits per heavy atom. The highest BCUT2D eigenvalue weighted by Crippen LogP contribution is 2.24. The van der Waals surface area contributed by atoms with Gasteiger partial charge in [0.2, 0.25) is 0 Å². The molecule has 8 heteroatoms. The molecule has 2 rings (SSSR count). The maximum absolute atomic E-state index is 13.8. The zero-order valence-corrected chi connectivity index (χ0v) is 11.5. The highest BCUT2D eigenvalue weighted by Gasteiger charge is 2.22. The van der Waals surface area contributed by atoms with Crippen LogP contribution in [-0.2, 0) is 16.6 Å². The average Bonchev–Trinajstić information content (AvgIpc) is 2.45. The van der Waals surface area contributed by atoms with Crippen molar-refractivity contribution in [3.05, 3.63) is 53.6 Å². The van der Waals surface area contributed by atoms with Gasteiger partial charge in [-0.05, 0) is 29.8 Å². The van der Waals surface area contributed by atoms with Gasteiger partial charge < -0.3 is 10.8 Å². The molecule has 0 bridgehead atoms. The highest BCUT2D eigenvalue weighted by atomic mass is 32.2. The molecular weight excluding hydrogens is 302 g/mol. The number of benzene rings is 2. The molecule has 0 atom stereocenters. The van der Waals surface area contributed by atoms with Crippen molar-refractivity contribution in [2.45, 2.75) is 11.5 Å². The van der Waals surface area contributed by atoms with Crippen LogP contribution < -0.4 is 10.5 Å². The molecule has 0 heterocycles. The summed E-state index contributed by atoms with van der Waals surface area (Å²) in [5, 5.41) is 8.89. The van der Waals surface area contributed by atoms with Crippen LogP contribution in [0.3, 0.4) is 0 Å². The highest BCUT2D eigenvalue weighted by molar-refractivity contribution is 7.92. The summed E-state index contributed by atoms with van der Waals surface area (Å²) in [7, 11) is -4.24. The van der Waals surface area contributed by atoms with Crippen molar-refractivity contribution in [1.29, 1.82) is 0 Å². The van der Waals surface area contributed by atoms with Crippen LogP contribution in [0.2, 0.25) is 0 Å². The standard InChI is InChI=1S/C13H12F2N2O3S/c14-10-5-6-11(12(15)13(10)16)21(19,20)17-9-3-1-8(7-18)2-4-9/h1-6,17-18H,7,16H2. The summed E-state index contributed by atoms with van der Waals surface area (Å²) >= 11 is 0. The molecule has 4 N–H and O–H groups in total. The van der Waals surface area contributed by atoms with Gasteiger partial charge in [-0.1, -0.05) is 12.1 Å². The quantitative estimate of drug-likeness (QED) is 0.751. The van der Waals surface area contributed by atoms with Crippen LogP contribution in [0, 0.1) is 11.6 Å². The number of hydrogen-bond acceptors (Lipinski definition) is 4. The van der Waals surface area contributed by atoms with Crippen molar-refractivity contribution < 1.29 is 22.3 Å². The van der Waals surface area contributed by atoms with Crippen molar-refractivity contribution >= 4 is 21.4 Å². The molecule has 0 fully saturated rings. The van der Waals surface area contributed by atoms with E-state index in [1.165, 1.54) is 24.3 Å². The fourth-order valence-electron chi connectivity index (χ4n) is 1.65. The molecule has 0 radical (unpaired) electrons. The van der Waals surface area contributed by atoms with Crippen LogP contribution in [0.15, 0.2) is 41.3 Å². The Bertz CT molecular complexity index is 762. The van der Waals surface area contributed by atoms with Gasteiger partial charge in [0.1, 0.15) is 16.4 Å². The Balaban J connectivity index is 2.36. The third-order valence-electron chi connectivity index (χ3n) is 2.77. The topological polar surface area (TPSA) is 92.4 Å². The summed E-state index contributed by atoms with van der Waals surface area (Å²) in [6.45, 7) is -0.184. The predicted molar refractivity (Wildman–Crippen MR) is 73.9 cm³/mol. The number of nitrogen functional groups attached to an aromatic ring is 1. The molecule has 21 heavy (non-hydrogen) atoms. The van der Waals surface area contributed by atoms with Crippen LogP contribution in [-0.4, -0.2) is 13.5 Å².